The summed E-state index contributed by atoms with van der Waals surface area (Å²) in [7, 11) is 2.96. The molecule has 0 bridgehead atoms. The maximum Gasteiger partial charge on any atom is 0.337 e. The maximum atomic E-state index is 13.0. The van der Waals surface area contributed by atoms with Crippen molar-refractivity contribution < 1.29 is 19.1 Å². The number of thiocarbonyl (C=S) groups is 1. The molecule has 0 aromatic heterocycles. The topological polar surface area (TPSA) is 59.1 Å². The molecule has 2 heterocycles. The van der Waals surface area contributed by atoms with Gasteiger partial charge in [-0.15, -0.1) is 11.8 Å². The summed E-state index contributed by atoms with van der Waals surface area (Å²) in [5.41, 5.74) is 2.22. The number of benzene rings is 2. The van der Waals surface area contributed by atoms with Crippen LogP contribution in [-0.4, -0.2) is 47.9 Å². The van der Waals surface area contributed by atoms with E-state index in [2.05, 4.69) is 0 Å². The number of carbonyl (C=O) groups excluding carboxylic acids is 2. The molecule has 2 aromatic carbocycles. The van der Waals surface area contributed by atoms with Gasteiger partial charge in [0.2, 0.25) is 0 Å². The molecule has 2 aliphatic rings. The molecule has 2 saturated heterocycles. The van der Waals surface area contributed by atoms with Crippen LogP contribution in [0.1, 0.15) is 21.3 Å². The molecular formula is C20H18N2O4S2. The average molecular weight is 415 g/mol. The van der Waals surface area contributed by atoms with Crippen molar-refractivity contribution >= 4 is 46.7 Å². The zero-order valence-electron chi connectivity index (χ0n) is 15.3. The highest BCUT2D eigenvalue weighted by molar-refractivity contribution is 7.99. The smallest absolute Gasteiger partial charge is 0.337 e. The van der Waals surface area contributed by atoms with E-state index in [1.54, 1.807) is 35.9 Å². The van der Waals surface area contributed by atoms with E-state index < -0.39 is 0 Å². The van der Waals surface area contributed by atoms with Crippen LogP contribution in [-0.2, 0) is 9.53 Å². The number of anilines is 1. The molecule has 0 saturated carbocycles. The number of carbonyl (C=O) groups is 2. The molecule has 2 atom stereocenters. The zero-order chi connectivity index (χ0) is 19.8. The fourth-order valence-electron chi connectivity index (χ4n) is 3.42. The van der Waals surface area contributed by atoms with Crippen molar-refractivity contribution in [2.75, 3.05) is 24.9 Å². The summed E-state index contributed by atoms with van der Waals surface area (Å²) in [4.78, 5) is 28.2. The maximum absolute atomic E-state index is 13.0. The minimum absolute atomic E-state index is 0.0173. The van der Waals surface area contributed by atoms with E-state index in [9.17, 15) is 9.59 Å². The van der Waals surface area contributed by atoms with Gasteiger partial charge in [0.05, 0.1) is 25.5 Å². The molecule has 0 spiro atoms. The van der Waals surface area contributed by atoms with Crippen molar-refractivity contribution in [3.05, 3.63) is 59.7 Å². The number of fused-ring (bicyclic) bond motifs is 1. The fraction of sp³-hybridized carbons (Fsp3) is 0.250. The van der Waals surface area contributed by atoms with Crippen LogP contribution in [0, 0.1) is 0 Å². The molecule has 0 N–H and O–H groups in total. The van der Waals surface area contributed by atoms with Crippen LogP contribution in [0.4, 0.5) is 5.69 Å². The second-order valence-electron chi connectivity index (χ2n) is 6.38. The number of hydrogen-bond donors (Lipinski definition) is 0. The van der Waals surface area contributed by atoms with Gasteiger partial charge >= 0.3 is 5.97 Å². The molecule has 2 fully saturated rings. The molecule has 144 valence electrons. The highest BCUT2D eigenvalue weighted by atomic mass is 32.2. The predicted octanol–water partition coefficient (Wildman–Crippen LogP) is 3.23. The van der Waals surface area contributed by atoms with Crippen LogP contribution in [0.25, 0.3) is 0 Å². The molecule has 8 heteroatoms. The molecule has 0 unspecified atom stereocenters. The van der Waals surface area contributed by atoms with Gasteiger partial charge in [0.15, 0.2) is 5.11 Å². The number of ether oxygens (including phenoxy) is 2. The Labute approximate surface area is 172 Å². The Bertz CT molecular complexity index is 930. The van der Waals surface area contributed by atoms with Gasteiger partial charge < -0.3 is 14.4 Å². The minimum atomic E-state index is -0.374. The Hall–Kier alpha value is -2.58. The first-order chi connectivity index (χ1) is 13.5. The lowest BCUT2D eigenvalue weighted by atomic mass is 10.1. The van der Waals surface area contributed by atoms with E-state index in [0.29, 0.717) is 16.4 Å². The second-order valence-corrected chi connectivity index (χ2v) is 7.85. The predicted molar refractivity (Wildman–Crippen MR) is 112 cm³/mol. The molecule has 28 heavy (non-hydrogen) atoms. The molecule has 6 nitrogen and oxygen atoms in total. The van der Waals surface area contributed by atoms with E-state index in [1.807, 2.05) is 41.3 Å². The zero-order valence-corrected chi connectivity index (χ0v) is 17.0. The van der Waals surface area contributed by atoms with Crippen LogP contribution in [0.5, 0.6) is 5.75 Å². The number of thioether (sulfide) groups is 1. The summed E-state index contributed by atoms with van der Waals surface area (Å²) in [5, 5.41) is 0.420. The molecule has 0 aliphatic carbocycles. The van der Waals surface area contributed by atoms with Crippen LogP contribution in [0.3, 0.4) is 0 Å². The molecular weight excluding hydrogens is 396 g/mol. The fourth-order valence-corrected chi connectivity index (χ4v) is 5.34. The van der Waals surface area contributed by atoms with Crippen molar-refractivity contribution in [1.82, 2.24) is 4.90 Å². The van der Waals surface area contributed by atoms with Crippen LogP contribution in [0.2, 0.25) is 0 Å². The standard InChI is InChI=1S/C20H18N2O4S2/c1-25-15-9-7-14(8-10-15)21-17(23)16-11-28-18(22(16)20(21)27)12-3-5-13(6-4-12)19(24)26-2/h3-10,16,18H,11H2,1-2H3/t16-,18+/m1/s1. The first-order valence-electron chi connectivity index (χ1n) is 8.65. The normalized spacial score (nSPS) is 21.1. The van der Waals surface area contributed by atoms with Crippen LogP contribution < -0.4 is 9.64 Å². The first-order valence-corrected chi connectivity index (χ1v) is 10.1. The highest BCUT2D eigenvalue weighted by Crippen LogP contribution is 2.46. The molecule has 2 aromatic rings. The van der Waals surface area contributed by atoms with E-state index in [-0.39, 0.29) is 23.3 Å². The van der Waals surface area contributed by atoms with Gasteiger partial charge in [0, 0.05) is 5.75 Å². The Kier molecular flexibility index (Phi) is 4.99. The van der Waals surface area contributed by atoms with Crippen molar-refractivity contribution in [3.63, 3.8) is 0 Å². The number of hydrogen-bond acceptors (Lipinski definition) is 6. The van der Waals surface area contributed by atoms with Gasteiger partial charge in [0.25, 0.3) is 5.91 Å². The largest absolute Gasteiger partial charge is 0.497 e. The monoisotopic (exact) mass is 414 g/mol. The van der Waals surface area contributed by atoms with Crippen molar-refractivity contribution in [1.29, 1.82) is 0 Å². The molecule has 4 rings (SSSR count). The lowest BCUT2D eigenvalue weighted by Gasteiger charge is -2.25. The average Bonchev–Trinajstić information content (AvgIpc) is 3.28. The minimum Gasteiger partial charge on any atom is -0.497 e. The van der Waals surface area contributed by atoms with Gasteiger partial charge in [-0.25, -0.2) is 4.79 Å². The highest BCUT2D eigenvalue weighted by Gasteiger charge is 2.50. The van der Waals surface area contributed by atoms with E-state index in [4.69, 9.17) is 21.7 Å². The van der Waals surface area contributed by atoms with Crippen LogP contribution >= 0.6 is 24.0 Å². The molecule has 1 amide bonds. The Morgan fingerprint density at radius 2 is 1.79 bits per heavy atom. The van der Waals surface area contributed by atoms with E-state index in [1.165, 1.54) is 7.11 Å². The van der Waals surface area contributed by atoms with Crippen molar-refractivity contribution in [3.8, 4) is 5.75 Å². The lowest BCUT2D eigenvalue weighted by Crippen LogP contribution is -2.33. The SMILES string of the molecule is COC(=O)c1ccc([C@@H]2SC[C@@H]3C(=O)N(c4ccc(OC)cc4)C(=S)N32)cc1. The molecule has 0 radical (unpaired) electrons. The third-order valence-electron chi connectivity index (χ3n) is 4.87. The third kappa shape index (κ3) is 3.02. The third-order valence-corrected chi connectivity index (χ3v) is 6.58. The second kappa shape index (κ2) is 7.44. The lowest BCUT2D eigenvalue weighted by molar-refractivity contribution is -0.119. The van der Waals surface area contributed by atoms with Gasteiger partial charge in [-0.3, -0.25) is 9.69 Å². The number of rotatable bonds is 4. The Morgan fingerprint density at radius 3 is 2.39 bits per heavy atom. The Balaban J connectivity index is 1.60. The number of esters is 1. The van der Waals surface area contributed by atoms with Crippen molar-refractivity contribution in [2.45, 2.75) is 11.4 Å². The van der Waals surface area contributed by atoms with Crippen molar-refractivity contribution in [2.24, 2.45) is 0 Å². The number of amides is 1. The van der Waals surface area contributed by atoms with Gasteiger partial charge in [-0.1, -0.05) is 12.1 Å². The summed E-state index contributed by atoms with van der Waals surface area (Å²) in [6.45, 7) is 0. The van der Waals surface area contributed by atoms with E-state index in [0.717, 1.165) is 17.0 Å². The van der Waals surface area contributed by atoms with Gasteiger partial charge in [-0.2, -0.15) is 0 Å². The van der Waals surface area contributed by atoms with Gasteiger partial charge in [0.1, 0.15) is 17.2 Å². The quantitative estimate of drug-likeness (QED) is 0.562. The number of nitrogens with zero attached hydrogens (tertiary/aromatic N) is 2. The summed E-state index contributed by atoms with van der Waals surface area (Å²) in [6, 6.07) is 14.2. The summed E-state index contributed by atoms with van der Waals surface area (Å²) < 4.78 is 9.93. The van der Waals surface area contributed by atoms with Gasteiger partial charge in [-0.05, 0) is 54.2 Å². The summed E-state index contributed by atoms with van der Waals surface area (Å²) in [5.74, 6) is 0.994. The summed E-state index contributed by atoms with van der Waals surface area (Å²) >= 11 is 7.35. The van der Waals surface area contributed by atoms with E-state index >= 15 is 0 Å². The summed E-state index contributed by atoms with van der Waals surface area (Å²) in [6.07, 6.45) is 0. The molecule has 2 aliphatic heterocycles. The van der Waals surface area contributed by atoms with Crippen LogP contribution in [0.15, 0.2) is 48.5 Å². The number of methoxy groups -OCH3 is 2. The first kappa shape index (κ1) is 18.8. The Morgan fingerprint density at radius 1 is 1.11 bits per heavy atom.